The molecule has 3 nitrogen and oxygen atoms in total. The third-order valence-corrected chi connectivity index (χ3v) is 2.77. The van der Waals surface area contributed by atoms with E-state index in [1.165, 1.54) is 0 Å². The average molecular weight is 230 g/mol. The molecule has 0 amide bonds. The van der Waals surface area contributed by atoms with Crippen molar-refractivity contribution in [2.75, 3.05) is 0 Å². The number of aromatic amines is 1. The summed E-state index contributed by atoms with van der Waals surface area (Å²) in [5.41, 5.74) is 1.77. The summed E-state index contributed by atoms with van der Waals surface area (Å²) in [6.07, 6.45) is 1.86. The summed E-state index contributed by atoms with van der Waals surface area (Å²) in [5.74, 6) is 0. The molecular formula is C12H8ClN3. The van der Waals surface area contributed by atoms with Gasteiger partial charge in [0.25, 0.3) is 0 Å². The van der Waals surface area contributed by atoms with E-state index < -0.39 is 0 Å². The molecule has 0 aliphatic carbocycles. The van der Waals surface area contributed by atoms with Gasteiger partial charge in [0, 0.05) is 17.0 Å². The minimum Gasteiger partial charge on any atom is -0.360 e. The maximum absolute atomic E-state index is 6.01. The van der Waals surface area contributed by atoms with Crippen LogP contribution in [0.5, 0.6) is 0 Å². The van der Waals surface area contributed by atoms with E-state index in [4.69, 9.17) is 11.6 Å². The van der Waals surface area contributed by atoms with Crippen molar-refractivity contribution in [2.24, 2.45) is 0 Å². The summed E-state index contributed by atoms with van der Waals surface area (Å²) in [6.45, 7) is 0. The van der Waals surface area contributed by atoms with E-state index in [1.807, 2.05) is 42.6 Å². The van der Waals surface area contributed by atoms with Crippen molar-refractivity contribution in [3.05, 3.63) is 47.7 Å². The first-order valence-corrected chi connectivity index (χ1v) is 5.29. The van der Waals surface area contributed by atoms with Gasteiger partial charge in [-0.15, -0.1) is 10.2 Å². The van der Waals surface area contributed by atoms with Crippen molar-refractivity contribution >= 4 is 22.4 Å². The number of hydrogen-bond acceptors (Lipinski definition) is 2. The third-order valence-electron chi connectivity index (χ3n) is 2.50. The Morgan fingerprint density at radius 3 is 2.50 bits per heavy atom. The van der Waals surface area contributed by atoms with Gasteiger partial charge in [-0.3, -0.25) is 0 Å². The molecule has 78 valence electrons. The van der Waals surface area contributed by atoms with E-state index in [-0.39, 0.29) is 0 Å². The van der Waals surface area contributed by atoms with Crippen LogP contribution in [0, 0.1) is 0 Å². The minimum atomic E-state index is 0.436. The highest BCUT2D eigenvalue weighted by Gasteiger charge is 2.09. The quantitative estimate of drug-likeness (QED) is 0.696. The second-order valence-corrected chi connectivity index (χ2v) is 3.83. The summed E-state index contributed by atoms with van der Waals surface area (Å²) in [5, 5.41) is 10.5. The van der Waals surface area contributed by atoms with Crippen LogP contribution < -0.4 is 0 Å². The van der Waals surface area contributed by atoms with Crippen molar-refractivity contribution in [3.8, 4) is 11.4 Å². The lowest BCUT2D eigenvalue weighted by molar-refractivity contribution is 1.05. The molecule has 0 aliphatic rings. The predicted octanol–water partition coefficient (Wildman–Crippen LogP) is 3.28. The first-order valence-electron chi connectivity index (χ1n) is 4.91. The van der Waals surface area contributed by atoms with Crippen molar-refractivity contribution in [2.45, 2.75) is 0 Å². The summed E-state index contributed by atoms with van der Waals surface area (Å²) in [7, 11) is 0. The maximum atomic E-state index is 6.01. The third kappa shape index (κ3) is 1.37. The van der Waals surface area contributed by atoms with E-state index in [0.717, 1.165) is 22.2 Å². The second-order valence-electron chi connectivity index (χ2n) is 3.47. The van der Waals surface area contributed by atoms with E-state index >= 15 is 0 Å². The lowest BCUT2D eigenvalue weighted by atomic mass is 10.1. The summed E-state index contributed by atoms with van der Waals surface area (Å²) in [4.78, 5) is 3.12. The van der Waals surface area contributed by atoms with Gasteiger partial charge in [-0.25, -0.2) is 0 Å². The molecule has 0 unspecified atom stereocenters. The molecule has 16 heavy (non-hydrogen) atoms. The summed E-state index contributed by atoms with van der Waals surface area (Å²) >= 11 is 6.01. The van der Waals surface area contributed by atoms with Gasteiger partial charge in [0.1, 0.15) is 5.69 Å². The van der Waals surface area contributed by atoms with Crippen LogP contribution in [0.15, 0.2) is 42.6 Å². The number of nitrogens with zero attached hydrogens (tertiary/aromatic N) is 2. The predicted molar refractivity (Wildman–Crippen MR) is 64.3 cm³/mol. The van der Waals surface area contributed by atoms with E-state index in [9.17, 15) is 0 Å². The smallest absolute Gasteiger partial charge is 0.159 e. The van der Waals surface area contributed by atoms with Gasteiger partial charge in [-0.05, 0) is 12.1 Å². The normalized spacial score (nSPS) is 10.8. The van der Waals surface area contributed by atoms with Crippen LogP contribution in [0.3, 0.4) is 0 Å². The first kappa shape index (κ1) is 9.36. The number of H-pyrrole nitrogens is 1. The van der Waals surface area contributed by atoms with E-state index in [2.05, 4.69) is 15.2 Å². The van der Waals surface area contributed by atoms with Crippen LogP contribution >= 0.6 is 11.6 Å². The fourth-order valence-corrected chi connectivity index (χ4v) is 1.95. The zero-order chi connectivity index (χ0) is 11.0. The van der Waals surface area contributed by atoms with Crippen molar-refractivity contribution < 1.29 is 0 Å². The molecule has 2 heterocycles. The van der Waals surface area contributed by atoms with Crippen LogP contribution in [0.25, 0.3) is 22.2 Å². The minimum absolute atomic E-state index is 0.436. The zero-order valence-corrected chi connectivity index (χ0v) is 9.07. The summed E-state index contributed by atoms with van der Waals surface area (Å²) in [6, 6.07) is 11.7. The van der Waals surface area contributed by atoms with Crippen LogP contribution in [0.4, 0.5) is 0 Å². The second kappa shape index (κ2) is 3.61. The highest BCUT2D eigenvalue weighted by atomic mass is 35.5. The van der Waals surface area contributed by atoms with Crippen molar-refractivity contribution in [3.63, 3.8) is 0 Å². The Bertz CT molecular complexity index is 632. The molecule has 3 aromatic rings. The molecule has 0 radical (unpaired) electrons. The Labute approximate surface area is 97.1 Å². The average Bonchev–Trinajstić information content (AvgIpc) is 2.83. The van der Waals surface area contributed by atoms with E-state index in [1.54, 1.807) is 0 Å². The van der Waals surface area contributed by atoms with Crippen LogP contribution in [-0.2, 0) is 0 Å². The Morgan fingerprint density at radius 2 is 1.75 bits per heavy atom. The Morgan fingerprint density at radius 1 is 0.938 bits per heavy atom. The number of hydrogen-bond donors (Lipinski definition) is 1. The van der Waals surface area contributed by atoms with Crippen molar-refractivity contribution in [1.82, 2.24) is 15.2 Å². The van der Waals surface area contributed by atoms with Crippen molar-refractivity contribution in [1.29, 1.82) is 0 Å². The molecule has 0 saturated heterocycles. The fourth-order valence-electron chi connectivity index (χ4n) is 1.75. The molecule has 0 saturated carbocycles. The Balaban J connectivity index is 2.39. The molecule has 0 atom stereocenters. The zero-order valence-electron chi connectivity index (χ0n) is 8.31. The highest BCUT2D eigenvalue weighted by molar-refractivity contribution is 6.34. The number of benzene rings is 1. The highest BCUT2D eigenvalue weighted by Crippen LogP contribution is 2.28. The molecule has 0 bridgehead atoms. The largest absolute Gasteiger partial charge is 0.360 e. The Kier molecular flexibility index (Phi) is 2.11. The molecule has 1 N–H and O–H groups in total. The van der Waals surface area contributed by atoms with Gasteiger partial charge in [-0.2, -0.15) is 0 Å². The van der Waals surface area contributed by atoms with Gasteiger partial charge in [0.05, 0.1) is 5.69 Å². The summed E-state index contributed by atoms with van der Waals surface area (Å²) < 4.78 is 0. The standard InChI is InChI=1S/C12H8ClN3/c13-12-9-5-2-1-4-8(9)11(15-16-12)10-6-3-7-14-10/h1-7,14H. The van der Waals surface area contributed by atoms with Gasteiger partial charge in [-0.1, -0.05) is 35.9 Å². The molecular weight excluding hydrogens is 222 g/mol. The number of nitrogens with one attached hydrogen (secondary N) is 1. The Hall–Kier alpha value is -1.87. The number of fused-ring (bicyclic) bond motifs is 1. The topological polar surface area (TPSA) is 41.6 Å². The van der Waals surface area contributed by atoms with Gasteiger partial charge in [0.2, 0.25) is 0 Å². The van der Waals surface area contributed by atoms with Crippen LogP contribution in [0.1, 0.15) is 0 Å². The van der Waals surface area contributed by atoms with Gasteiger partial charge in [0.15, 0.2) is 5.15 Å². The molecule has 0 fully saturated rings. The van der Waals surface area contributed by atoms with Gasteiger partial charge < -0.3 is 4.98 Å². The number of aromatic nitrogens is 3. The maximum Gasteiger partial charge on any atom is 0.159 e. The molecule has 1 aromatic carbocycles. The van der Waals surface area contributed by atoms with Crippen LogP contribution in [0.2, 0.25) is 5.15 Å². The lowest BCUT2D eigenvalue weighted by Gasteiger charge is -2.03. The number of rotatable bonds is 1. The molecule has 4 heteroatoms. The first-order chi connectivity index (χ1) is 7.86. The fraction of sp³-hybridized carbons (Fsp3) is 0. The molecule has 0 spiro atoms. The molecule has 3 rings (SSSR count). The SMILES string of the molecule is Clc1nnc(-c2ccc[nH]2)c2ccccc12. The monoisotopic (exact) mass is 229 g/mol. The number of halogens is 1. The van der Waals surface area contributed by atoms with Gasteiger partial charge >= 0.3 is 0 Å². The molecule has 0 aliphatic heterocycles. The van der Waals surface area contributed by atoms with E-state index in [0.29, 0.717) is 5.15 Å². The van der Waals surface area contributed by atoms with Crippen LogP contribution in [-0.4, -0.2) is 15.2 Å². The lowest BCUT2D eigenvalue weighted by Crippen LogP contribution is -1.91. The molecule has 2 aromatic heterocycles.